The number of hydrogen-bond donors (Lipinski definition) is 1. The van der Waals surface area contributed by atoms with Crippen LogP contribution in [0.15, 0.2) is 36.5 Å². The summed E-state index contributed by atoms with van der Waals surface area (Å²) >= 11 is 12.0. The fraction of sp³-hybridized carbons (Fsp3) is 0.364. The van der Waals surface area contributed by atoms with Crippen molar-refractivity contribution in [3.05, 3.63) is 52.1 Å². The Morgan fingerprint density at radius 3 is 2.67 bits per heavy atom. The smallest absolute Gasteiger partial charge is 0.257 e. The Hall–Kier alpha value is -2.33. The second-order valence-electron chi connectivity index (χ2n) is 6.91. The van der Waals surface area contributed by atoms with Crippen LogP contribution in [0.2, 0.25) is 10.0 Å². The predicted octanol–water partition coefficient (Wildman–Crippen LogP) is 4.86. The van der Waals surface area contributed by atoms with Gasteiger partial charge in [0, 0.05) is 31.0 Å². The Morgan fingerprint density at radius 2 is 1.97 bits per heavy atom. The molecule has 0 spiro atoms. The predicted molar refractivity (Wildman–Crippen MR) is 129 cm³/mol. The van der Waals surface area contributed by atoms with Crippen LogP contribution < -0.4 is 14.2 Å². The highest BCUT2D eigenvalue weighted by Crippen LogP contribution is 2.33. The number of halogens is 2. The summed E-state index contributed by atoms with van der Waals surface area (Å²) in [5.41, 5.74) is 0.473. The van der Waals surface area contributed by atoms with Crippen LogP contribution in [0.4, 0.5) is 0 Å². The number of ether oxygens (including phenoxy) is 3. The van der Waals surface area contributed by atoms with Gasteiger partial charge in [0.15, 0.2) is 0 Å². The van der Waals surface area contributed by atoms with E-state index in [-0.39, 0.29) is 22.4 Å². The number of methoxy groups -OCH3 is 1. The summed E-state index contributed by atoms with van der Waals surface area (Å²) in [7, 11) is -2.13. The van der Waals surface area contributed by atoms with Crippen molar-refractivity contribution >= 4 is 45.2 Å². The first-order valence-corrected chi connectivity index (χ1v) is 12.6. The minimum absolute atomic E-state index is 0.104. The normalized spacial score (nSPS) is 11.5. The molecule has 0 saturated carbocycles. The number of hydrogen-bond acceptors (Lipinski definition) is 7. The third kappa shape index (κ3) is 9.59. The van der Waals surface area contributed by atoms with Crippen molar-refractivity contribution in [3.8, 4) is 17.4 Å². The van der Waals surface area contributed by atoms with E-state index in [0.29, 0.717) is 36.0 Å². The zero-order valence-corrected chi connectivity index (χ0v) is 20.7. The molecule has 0 bridgehead atoms. The van der Waals surface area contributed by atoms with Gasteiger partial charge in [0.25, 0.3) is 5.91 Å². The van der Waals surface area contributed by atoms with E-state index in [1.165, 1.54) is 18.3 Å². The molecule has 2 rings (SSSR count). The Kier molecular flexibility index (Phi) is 10.9. The van der Waals surface area contributed by atoms with E-state index < -0.39 is 15.9 Å². The molecule has 11 heteroatoms. The lowest BCUT2D eigenvalue weighted by Crippen LogP contribution is -2.31. The van der Waals surface area contributed by atoms with Crippen molar-refractivity contribution in [1.29, 1.82) is 0 Å². The van der Waals surface area contributed by atoms with Gasteiger partial charge in [-0.25, -0.2) is 18.1 Å². The Labute approximate surface area is 203 Å². The molecule has 8 nitrogen and oxygen atoms in total. The molecule has 1 amide bonds. The molecule has 1 heterocycles. The largest absolute Gasteiger partial charge is 0.491 e. The first-order chi connectivity index (χ1) is 15.7. The molecule has 0 aliphatic carbocycles. The van der Waals surface area contributed by atoms with Crippen LogP contribution in [0.25, 0.3) is 6.08 Å². The number of aromatic nitrogens is 1. The maximum Gasteiger partial charge on any atom is 0.257 e. The first-order valence-electron chi connectivity index (χ1n) is 10.2. The van der Waals surface area contributed by atoms with Gasteiger partial charge in [-0.2, -0.15) is 0 Å². The quantitative estimate of drug-likeness (QED) is 0.299. The van der Waals surface area contributed by atoms with Gasteiger partial charge >= 0.3 is 0 Å². The van der Waals surface area contributed by atoms with E-state index in [1.54, 1.807) is 25.3 Å². The molecule has 0 atom stereocenters. The zero-order valence-electron chi connectivity index (χ0n) is 18.3. The fourth-order valence-corrected chi connectivity index (χ4v) is 4.08. The highest BCUT2D eigenvalue weighted by atomic mass is 35.5. The molecule has 1 aromatic heterocycles. The first kappa shape index (κ1) is 26.9. The highest BCUT2D eigenvalue weighted by Gasteiger charge is 2.14. The standard InChI is InChI=1S/C22H26Cl2N2O6S/c1-3-4-5-12-33(28,29)26-21(27)9-7-16-6-8-18(31-11-10-30-2)14-20(16)32-22-19(24)13-17(23)15-25-22/h6-9,13-15H,3-5,10-12H2,1-2H3,(H,26,27)/b9-7+. The molecule has 0 fully saturated rings. The average Bonchev–Trinajstić information content (AvgIpc) is 2.75. The number of carbonyl (C=O) groups excluding carboxylic acids is 1. The summed E-state index contributed by atoms with van der Waals surface area (Å²) in [4.78, 5) is 16.2. The van der Waals surface area contributed by atoms with E-state index in [2.05, 4.69) is 4.98 Å². The van der Waals surface area contributed by atoms with Crippen LogP contribution in [0.3, 0.4) is 0 Å². The summed E-state index contributed by atoms with van der Waals surface area (Å²) in [5, 5.41) is 0.542. The number of pyridine rings is 1. The maximum atomic E-state index is 12.2. The van der Waals surface area contributed by atoms with Gasteiger partial charge in [0.1, 0.15) is 23.1 Å². The minimum Gasteiger partial charge on any atom is -0.491 e. The molecule has 0 radical (unpaired) electrons. The van der Waals surface area contributed by atoms with E-state index in [1.807, 2.05) is 11.6 Å². The van der Waals surface area contributed by atoms with Crippen LogP contribution in [0.5, 0.6) is 17.4 Å². The molecule has 180 valence electrons. The lowest BCUT2D eigenvalue weighted by atomic mass is 10.1. The van der Waals surface area contributed by atoms with Gasteiger partial charge in [-0.3, -0.25) is 4.79 Å². The van der Waals surface area contributed by atoms with Gasteiger partial charge in [0.2, 0.25) is 15.9 Å². The second-order valence-corrected chi connectivity index (χ2v) is 9.59. The number of rotatable bonds is 13. The molecule has 2 aromatic rings. The van der Waals surface area contributed by atoms with Crippen LogP contribution in [0.1, 0.15) is 31.7 Å². The molecular weight excluding hydrogens is 491 g/mol. The number of amides is 1. The van der Waals surface area contributed by atoms with Crippen molar-refractivity contribution in [3.63, 3.8) is 0 Å². The number of carbonyl (C=O) groups is 1. The van der Waals surface area contributed by atoms with Gasteiger partial charge < -0.3 is 14.2 Å². The molecule has 33 heavy (non-hydrogen) atoms. The van der Waals surface area contributed by atoms with Gasteiger partial charge in [-0.05, 0) is 30.7 Å². The molecule has 1 N–H and O–H groups in total. The highest BCUT2D eigenvalue weighted by molar-refractivity contribution is 7.90. The SMILES string of the molecule is CCCCCS(=O)(=O)NC(=O)/C=C/c1ccc(OCCOC)cc1Oc1ncc(Cl)cc1Cl. The lowest BCUT2D eigenvalue weighted by Gasteiger charge is -2.12. The van der Waals surface area contributed by atoms with E-state index in [0.717, 1.165) is 18.9 Å². The van der Waals surface area contributed by atoms with Crippen molar-refractivity contribution in [2.45, 2.75) is 26.2 Å². The van der Waals surface area contributed by atoms with E-state index in [9.17, 15) is 13.2 Å². The number of sulfonamides is 1. The summed E-state index contributed by atoms with van der Waals surface area (Å²) in [6, 6.07) is 6.41. The summed E-state index contributed by atoms with van der Waals surface area (Å²) in [6.45, 7) is 2.69. The summed E-state index contributed by atoms with van der Waals surface area (Å²) in [5.74, 6) is 0.0141. The molecule has 0 aliphatic heterocycles. The summed E-state index contributed by atoms with van der Waals surface area (Å²) < 4.78 is 42.5. The molecule has 1 aromatic carbocycles. The number of nitrogens with one attached hydrogen (secondary N) is 1. The summed E-state index contributed by atoms with van der Waals surface area (Å²) in [6.07, 6.45) is 6.06. The number of nitrogens with zero attached hydrogens (tertiary/aromatic N) is 1. The zero-order chi connectivity index (χ0) is 24.3. The maximum absolute atomic E-state index is 12.2. The van der Waals surface area contributed by atoms with Gasteiger partial charge in [-0.1, -0.05) is 43.0 Å². The molecule has 0 unspecified atom stereocenters. The van der Waals surface area contributed by atoms with Crippen molar-refractivity contribution in [2.24, 2.45) is 0 Å². The van der Waals surface area contributed by atoms with Gasteiger partial charge in [-0.15, -0.1) is 0 Å². The third-order valence-electron chi connectivity index (χ3n) is 4.21. The van der Waals surface area contributed by atoms with Crippen LogP contribution in [0, 0.1) is 0 Å². The van der Waals surface area contributed by atoms with Crippen molar-refractivity contribution < 1.29 is 27.4 Å². The van der Waals surface area contributed by atoms with Crippen LogP contribution in [-0.4, -0.2) is 45.4 Å². The van der Waals surface area contributed by atoms with Crippen molar-refractivity contribution in [1.82, 2.24) is 9.71 Å². The Balaban J connectivity index is 2.22. The Bertz CT molecular complexity index is 1080. The topological polar surface area (TPSA) is 104 Å². The van der Waals surface area contributed by atoms with E-state index in [4.69, 9.17) is 37.4 Å². The Morgan fingerprint density at radius 1 is 1.18 bits per heavy atom. The van der Waals surface area contributed by atoms with Gasteiger partial charge in [0.05, 0.1) is 17.4 Å². The number of benzene rings is 1. The fourth-order valence-electron chi connectivity index (χ4n) is 2.60. The second kappa shape index (κ2) is 13.4. The third-order valence-corrected chi connectivity index (χ3v) is 6.02. The number of unbranched alkanes of at least 4 members (excludes halogenated alkanes) is 2. The molecule has 0 saturated heterocycles. The minimum atomic E-state index is -3.70. The molecular formula is C22H26Cl2N2O6S. The average molecular weight is 517 g/mol. The monoisotopic (exact) mass is 516 g/mol. The van der Waals surface area contributed by atoms with Crippen LogP contribution >= 0.6 is 23.2 Å². The van der Waals surface area contributed by atoms with E-state index >= 15 is 0 Å². The lowest BCUT2D eigenvalue weighted by molar-refractivity contribution is -0.114. The molecule has 0 aliphatic rings. The van der Waals surface area contributed by atoms with Crippen molar-refractivity contribution in [2.75, 3.05) is 26.1 Å². The van der Waals surface area contributed by atoms with Crippen LogP contribution in [-0.2, 0) is 19.6 Å².